The molecule has 6 nitrogen and oxygen atoms in total. The fraction of sp³-hybridized carbons (Fsp3) is 0.483. The van der Waals surface area contributed by atoms with Gasteiger partial charge >= 0.3 is 5.97 Å². The maximum Gasteiger partial charge on any atom is 0.349 e. The highest BCUT2D eigenvalue weighted by atomic mass is 32.2. The number of carbonyl (C=O) groups excluding carboxylic acids is 1. The first-order valence-electron chi connectivity index (χ1n) is 12.5. The van der Waals surface area contributed by atoms with E-state index in [0.29, 0.717) is 25.0 Å². The Hall–Kier alpha value is -2.64. The summed E-state index contributed by atoms with van der Waals surface area (Å²) in [5.74, 6) is 0.790. The van der Waals surface area contributed by atoms with E-state index in [1.165, 1.54) is 11.8 Å². The summed E-state index contributed by atoms with van der Waals surface area (Å²) in [5.41, 5.74) is 2.01. The number of esters is 1. The average Bonchev–Trinajstić information content (AvgIpc) is 3.66. The Balaban J connectivity index is 1.60. The number of thioether (sulfide) groups is 1. The van der Waals surface area contributed by atoms with Crippen LogP contribution in [-0.2, 0) is 21.4 Å². The molecule has 7 heteroatoms. The number of aliphatic hydroxyl groups is 2. The number of carbonyl (C=O) groups is 1. The minimum atomic E-state index is -0.701. The highest BCUT2D eigenvalue weighted by Crippen LogP contribution is 2.52. The van der Waals surface area contributed by atoms with Gasteiger partial charge in [-0.3, -0.25) is 0 Å². The van der Waals surface area contributed by atoms with Crippen LogP contribution in [0.2, 0.25) is 0 Å². The van der Waals surface area contributed by atoms with Gasteiger partial charge in [0.15, 0.2) is 0 Å². The molecule has 0 spiro atoms. The Bertz CT molecular complexity index is 1140. The molecule has 194 valence electrons. The van der Waals surface area contributed by atoms with Gasteiger partial charge in [-0.1, -0.05) is 44.7 Å². The predicted octanol–water partition coefficient (Wildman–Crippen LogP) is 5.96. The number of hydrogen-bond acceptors (Lipinski definition) is 7. The number of hydrogen-bond donors (Lipinski definition) is 3. The molecular weight excluding hydrogens is 476 g/mol. The van der Waals surface area contributed by atoms with Gasteiger partial charge in [0.2, 0.25) is 0 Å². The van der Waals surface area contributed by atoms with Crippen LogP contribution in [0.5, 0.6) is 11.5 Å². The van der Waals surface area contributed by atoms with Crippen LogP contribution in [0.4, 0.5) is 0 Å². The zero-order valence-corrected chi connectivity index (χ0v) is 22.3. The van der Waals surface area contributed by atoms with Crippen LogP contribution in [0, 0.1) is 12.8 Å². The van der Waals surface area contributed by atoms with E-state index in [0.717, 1.165) is 34.4 Å². The van der Waals surface area contributed by atoms with Crippen LogP contribution in [0.1, 0.15) is 63.1 Å². The first-order chi connectivity index (χ1) is 17.0. The van der Waals surface area contributed by atoms with Crippen molar-refractivity contribution in [3.05, 3.63) is 63.8 Å². The van der Waals surface area contributed by atoms with E-state index in [9.17, 15) is 15.0 Å². The number of ether oxygens (including phenoxy) is 2. The summed E-state index contributed by atoms with van der Waals surface area (Å²) in [6.45, 7) is 8.34. The molecule has 3 N–H and O–H groups in total. The third-order valence-corrected chi connectivity index (χ3v) is 8.11. The van der Waals surface area contributed by atoms with E-state index < -0.39 is 11.6 Å². The van der Waals surface area contributed by atoms with Crippen molar-refractivity contribution in [1.29, 1.82) is 0 Å². The Morgan fingerprint density at radius 2 is 1.83 bits per heavy atom. The van der Waals surface area contributed by atoms with Crippen molar-refractivity contribution >= 4 is 17.7 Å². The summed E-state index contributed by atoms with van der Waals surface area (Å²) < 4.78 is 11.9. The minimum Gasteiger partial charge on any atom is -0.511 e. The highest BCUT2D eigenvalue weighted by molar-refractivity contribution is 8.04. The van der Waals surface area contributed by atoms with Crippen LogP contribution in [0.15, 0.2) is 52.0 Å². The topological polar surface area (TPSA) is 96.2 Å². The molecule has 0 bridgehead atoms. The quantitative estimate of drug-likeness (QED) is 0.357. The van der Waals surface area contributed by atoms with Crippen molar-refractivity contribution in [3.8, 4) is 11.5 Å². The Morgan fingerprint density at radius 1 is 1.14 bits per heavy atom. The largest absolute Gasteiger partial charge is 0.511 e. The van der Waals surface area contributed by atoms with Crippen molar-refractivity contribution in [3.63, 3.8) is 0 Å². The van der Waals surface area contributed by atoms with Gasteiger partial charge in [0.1, 0.15) is 34.4 Å². The maximum absolute atomic E-state index is 13.3. The molecule has 1 aliphatic carbocycles. The molecule has 1 aliphatic heterocycles. The molecule has 2 aliphatic rings. The molecule has 0 saturated heterocycles. The van der Waals surface area contributed by atoms with Crippen molar-refractivity contribution in [2.45, 2.75) is 75.7 Å². The molecule has 36 heavy (non-hydrogen) atoms. The molecule has 1 saturated carbocycles. The Labute approximate surface area is 217 Å². The fourth-order valence-electron chi connectivity index (χ4n) is 4.80. The van der Waals surface area contributed by atoms with Gasteiger partial charge < -0.3 is 24.8 Å². The Morgan fingerprint density at radius 3 is 2.42 bits per heavy atom. The first-order valence-corrected chi connectivity index (χ1v) is 13.3. The van der Waals surface area contributed by atoms with E-state index >= 15 is 0 Å². The lowest BCUT2D eigenvalue weighted by atomic mass is 9.84. The third-order valence-electron chi connectivity index (χ3n) is 6.95. The Kier molecular flexibility index (Phi) is 7.62. The molecule has 0 aromatic heterocycles. The number of aliphatic hydroxyl groups excluding tert-OH is 2. The lowest BCUT2D eigenvalue weighted by molar-refractivity contribution is -0.161. The summed E-state index contributed by atoms with van der Waals surface area (Å²) in [7, 11) is 0. The number of aromatic hydroxyl groups is 1. The third kappa shape index (κ3) is 5.84. The SMILES string of the molecule is Cc1cc(SC2=C(O)CC(CCc3ccc(O)cc3)(C3CC3)OC2=O)c(C(C)(C)C)cc1OCCO. The highest BCUT2D eigenvalue weighted by Gasteiger charge is 2.52. The zero-order valence-electron chi connectivity index (χ0n) is 21.5. The number of phenols is 1. The summed E-state index contributed by atoms with van der Waals surface area (Å²) in [4.78, 5) is 14.4. The molecule has 4 rings (SSSR count). The molecule has 1 unspecified atom stereocenters. The monoisotopic (exact) mass is 512 g/mol. The van der Waals surface area contributed by atoms with Gasteiger partial charge in [0.05, 0.1) is 6.61 Å². The summed E-state index contributed by atoms with van der Waals surface area (Å²) in [5, 5.41) is 29.9. The van der Waals surface area contributed by atoms with Gasteiger partial charge in [-0.2, -0.15) is 0 Å². The van der Waals surface area contributed by atoms with Crippen LogP contribution in [0.25, 0.3) is 0 Å². The number of cyclic esters (lactones) is 1. The lowest BCUT2D eigenvalue weighted by Crippen LogP contribution is -2.42. The fourth-order valence-corrected chi connectivity index (χ4v) is 6.05. The van der Waals surface area contributed by atoms with E-state index in [1.54, 1.807) is 12.1 Å². The van der Waals surface area contributed by atoms with Gasteiger partial charge in [0, 0.05) is 11.3 Å². The van der Waals surface area contributed by atoms with Crippen molar-refractivity contribution < 1.29 is 29.6 Å². The summed E-state index contributed by atoms with van der Waals surface area (Å²) in [6.07, 6.45) is 3.61. The summed E-state index contributed by atoms with van der Waals surface area (Å²) >= 11 is 1.25. The van der Waals surface area contributed by atoms with Gasteiger partial charge in [-0.25, -0.2) is 4.79 Å². The second-order valence-corrected chi connectivity index (χ2v) is 11.9. The van der Waals surface area contributed by atoms with E-state index in [-0.39, 0.29) is 41.0 Å². The van der Waals surface area contributed by atoms with Crippen LogP contribution >= 0.6 is 11.8 Å². The number of rotatable bonds is 9. The molecule has 2 aromatic rings. The normalized spacial score (nSPS) is 20.4. The number of aryl methyl sites for hydroxylation is 2. The van der Waals surface area contributed by atoms with Gasteiger partial charge in [0.25, 0.3) is 0 Å². The first kappa shape index (κ1) is 26.4. The van der Waals surface area contributed by atoms with Crippen LogP contribution in [0.3, 0.4) is 0 Å². The number of benzene rings is 2. The summed E-state index contributed by atoms with van der Waals surface area (Å²) in [6, 6.07) is 11.0. The predicted molar refractivity (Wildman–Crippen MR) is 141 cm³/mol. The molecule has 0 radical (unpaired) electrons. The second kappa shape index (κ2) is 10.4. The maximum atomic E-state index is 13.3. The van der Waals surface area contributed by atoms with Gasteiger partial charge in [-0.15, -0.1) is 0 Å². The standard InChI is InChI=1S/C29H36O6S/c1-18-15-25(22(28(2,3)4)16-24(18)34-14-13-30)36-26-23(32)17-29(20-7-8-20,35-27(26)33)12-11-19-5-9-21(31)10-6-19/h5-6,9-10,15-16,20,30-32H,7-8,11-14,17H2,1-4H3. The number of phenolic OH excluding ortho intramolecular Hbond substituents is 1. The lowest BCUT2D eigenvalue weighted by Gasteiger charge is -2.37. The van der Waals surface area contributed by atoms with E-state index in [4.69, 9.17) is 14.6 Å². The molecule has 1 heterocycles. The second-order valence-electron chi connectivity index (χ2n) is 10.9. The van der Waals surface area contributed by atoms with Crippen LogP contribution in [-0.4, -0.2) is 40.1 Å². The zero-order chi connectivity index (χ0) is 26.1. The van der Waals surface area contributed by atoms with Crippen molar-refractivity contribution in [2.75, 3.05) is 13.2 Å². The minimum absolute atomic E-state index is 0.0666. The van der Waals surface area contributed by atoms with Crippen molar-refractivity contribution in [2.24, 2.45) is 5.92 Å². The van der Waals surface area contributed by atoms with E-state index in [1.807, 2.05) is 31.2 Å². The average molecular weight is 513 g/mol. The molecule has 1 fully saturated rings. The molecule has 1 atom stereocenters. The smallest absolute Gasteiger partial charge is 0.349 e. The molecule has 0 amide bonds. The molecule has 2 aromatic carbocycles. The van der Waals surface area contributed by atoms with Crippen LogP contribution < -0.4 is 4.74 Å². The van der Waals surface area contributed by atoms with Crippen molar-refractivity contribution in [1.82, 2.24) is 0 Å². The molecular formula is C29H36O6S. The van der Waals surface area contributed by atoms with Gasteiger partial charge in [-0.05, 0) is 84.9 Å². The van der Waals surface area contributed by atoms with E-state index in [2.05, 4.69) is 20.8 Å².